The predicted octanol–water partition coefficient (Wildman–Crippen LogP) is 1.54. The van der Waals surface area contributed by atoms with Crippen molar-refractivity contribution in [1.82, 2.24) is 5.43 Å². The molecule has 0 saturated heterocycles. The van der Waals surface area contributed by atoms with Crippen LogP contribution in [0.3, 0.4) is 0 Å². The van der Waals surface area contributed by atoms with E-state index >= 15 is 0 Å². The first-order valence-electron chi connectivity index (χ1n) is 4.15. The van der Waals surface area contributed by atoms with Gasteiger partial charge in [-0.15, -0.1) is 11.3 Å². The maximum Gasteiger partial charge on any atom is 0.472 e. The highest BCUT2D eigenvalue weighted by Crippen LogP contribution is 2.22. The lowest BCUT2D eigenvalue weighted by Crippen LogP contribution is -2.40. The van der Waals surface area contributed by atoms with E-state index in [0.29, 0.717) is 0 Å². The van der Waals surface area contributed by atoms with Crippen LogP contribution in [0.1, 0.15) is 9.67 Å². The molecular formula is C8H7F3N2O3S. The van der Waals surface area contributed by atoms with Gasteiger partial charge in [0.2, 0.25) is 0 Å². The van der Waals surface area contributed by atoms with Crippen molar-refractivity contribution in [2.45, 2.75) is 6.18 Å². The molecule has 2 N–H and O–H groups in total. The number of ether oxygens (including phenoxy) is 1. The fourth-order valence-corrected chi connectivity index (χ4v) is 1.62. The lowest BCUT2D eigenvalue weighted by Gasteiger charge is -2.10. The van der Waals surface area contributed by atoms with Gasteiger partial charge in [0, 0.05) is 0 Å². The molecule has 0 unspecified atom stereocenters. The van der Waals surface area contributed by atoms with E-state index in [1.54, 1.807) is 0 Å². The molecule has 1 rings (SSSR count). The lowest BCUT2D eigenvalue weighted by molar-refractivity contribution is -0.173. The number of carbonyl (C=O) groups excluding carboxylic acids is 2. The van der Waals surface area contributed by atoms with E-state index in [-0.39, 0.29) is 10.6 Å². The molecule has 0 fully saturated rings. The summed E-state index contributed by atoms with van der Waals surface area (Å²) in [6, 6.07) is 1.34. The van der Waals surface area contributed by atoms with E-state index in [0.717, 1.165) is 18.4 Å². The molecule has 1 aromatic heterocycles. The van der Waals surface area contributed by atoms with Gasteiger partial charge in [-0.25, -0.2) is 4.79 Å². The zero-order chi connectivity index (χ0) is 13.1. The first kappa shape index (κ1) is 13.3. The molecule has 0 bridgehead atoms. The minimum absolute atomic E-state index is 0.0412. The summed E-state index contributed by atoms with van der Waals surface area (Å²) in [7, 11) is 1.14. The number of amides is 1. The second-order valence-electron chi connectivity index (χ2n) is 2.73. The topological polar surface area (TPSA) is 67.4 Å². The Morgan fingerprint density at radius 2 is 2.06 bits per heavy atom. The van der Waals surface area contributed by atoms with Gasteiger partial charge in [0.15, 0.2) is 0 Å². The zero-order valence-corrected chi connectivity index (χ0v) is 9.24. The van der Waals surface area contributed by atoms with Gasteiger partial charge in [0.25, 0.3) is 0 Å². The average Bonchev–Trinajstić information content (AvgIpc) is 2.71. The number of hydrazine groups is 1. The van der Waals surface area contributed by atoms with E-state index < -0.39 is 18.1 Å². The number of methoxy groups -OCH3 is 1. The van der Waals surface area contributed by atoms with Crippen molar-refractivity contribution in [2.75, 3.05) is 12.5 Å². The first-order chi connectivity index (χ1) is 7.86. The predicted molar refractivity (Wildman–Crippen MR) is 53.5 cm³/mol. The fourth-order valence-electron chi connectivity index (χ4n) is 0.853. The number of halogens is 3. The average molecular weight is 268 g/mol. The third-order valence-corrected chi connectivity index (χ3v) is 2.50. The van der Waals surface area contributed by atoms with Crippen molar-refractivity contribution in [3.05, 3.63) is 16.3 Å². The summed E-state index contributed by atoms with van der Waals surface area (Å²) in [4.78, 5) is 21.7. The Labute approximate surface area is 97.5 Å². The maximum absolute atomic E-state index is 11.9. The van der Waals surface area contributed by atoms with Gasteiger partial charge in [-0.1, -0.05) is 0 Å². The molecule has 1 amide bonds. The molecule has 0 radical (unpaired) electrons. The number of hydrogen-bond donors (Lipinski definition) is 2. The normalized spacial score (nSPS) is 10.8. The highest BCUT2D eigenvalue weighted by atomic mass is 32.1. The summed E-state index contributed by atoms with van der Waals surface area (Å²) in [6.07, 6.45) is -4.99. The van der Waals surface area contributed by atoms with Gasteiger partial charge in [-0.05, 0) is 11.4 Å². The molecule has 17 heavy (non-hydrogen) atoms. The SMILES string of the molecule is COC(=O)c1sccc1NNC(=O)C(F)(F)F. The summed E-state index contributed by atoms with van der Waals surface area (Å²) >= 11 is 0.972. The molecule has 0 aliphatic heterocycles. The molecular weight excluding hydrogens is 261 g/mol. The highest BCUT2D eigenvalue weighted by Gasteiger charge is 2.38. The van der Waals surface area contributed by atoms with E-state index in [9.17, 15) is 22.8 Å². The molecule has 5 nitrogen and oxygen atoms in total. The number of alkyl halides is 3. The number of carbonyl (C=O) groups is 2. The van der Waals surface area contributed by atoms with Crippen LogP contribution in [0.25, 0.3) is 0 Å². The van der Waals surface area contributed by atoms with Gasteiger partial charge in [-0.3, -0.25) is 15.6 Å². The van der Waals surface area contributed by atoms with Crippen LogP contribution >= 0.6 is 11.3 Å². The molecule has 94 valence electrons. The standard InChI is InChI=1S/C8H7F3N2O3S/c1-16-6(14)5-4(2-3-17-5)12-13-7(15)8(9,10)11/h2-3,12H,1H3,(H,13,15). The monoisotopic (exact) mass is 268 g/mol. The Bertz CT molecular complexity index is 430. The molecule has 9 heteroatoms. The third kappa shape index (κ3) is 3.34. The van der Waals surface area contributed by atoms with Crippen molar-refractivity contribution in [3.8, 4) is 0 Å². The Morgan fingerprint density at radius 3 is 2.59 bits per heavy atom. The van der Waals surface area contributed by atoms with Crippen LogP contribution in [-0.4, -0.2) is 25.2 Å². The smallest absolute Gasteiger partial charge is 0.465 e. The molecule has 1 heterocycles. The Morgan fingerprint density at radius 1 is 1.41 bits per heavy atom. The van der Waals surface area contributed by atoms with Crippen LogP contribution in [-0.2, 0) is 9.53 Å². The fraction of sp³-hybridized carbons (Fsp3) is 0.250. The highest BCUT2D eigenvalue weighted by molar-refractivity contribution is 7.12. The van der Waals surface area contributed by atoms with Gasteiger partial charge in [-0.2, -0.15) is 13.2 Å². The van der Waals surface area contributed by atoms with Crippen LogP contribution in [0.4, 0.5) is 18.9 Å². The van der Waals surface area contributed by atoms with E-state index in [2.05, 4.69) is 4.74 Å². The number of thiophene rings is 1. The second-order valence-corrected chi connectivity index (χ2v) is 3.65. The maximum atomic E-state index is 11.9. The van der Waals surface area contributed by atoms with Crippen LogP contribution in [0.5, 0.6) is 0 Å². The van der Waals surface area contributed by atoms with Crippen molar-refractivity contribution >= 4 is 28.9 Å². The molecule has 0 atom stereocenters. The van der Waals surface area contributed by atoms with Gasteiger partial charge < -0.3 is 4.74 Å². The van der Waals surface area contributed by atoms with Gasteiger partial charge in [0.05, 0.1) is 12.8 Å². The summed E-state index contributed by atoms with van der Waals surface area (Å²) in [5.74, 6) is -2.86. The Kier molecular flexibility index (Phi) is 3.94. The number of hydrogen-bond acceptors (Lipinski definition) is 5. The molecule has 0 saturated carbocycles. The Balaban J connectivity index is 2.68. The number of nitrogens with one attached hydrogen (secondary N) is 2. The number of esters is 1. The second kappa shape index (κ2) is 5.04. The lowest BCUT2D eigenvalue weighted by atomic mass is 10.4. The van der Waals surface area contributed by atoms with Crippen LogP contribution in [0, 0.1) is 0 Å². The summed E-state index contributed by atoms with van der Waals surface area (Å²) in [5, 5.41) is 1.47. The van der Waals surface area contributed by atoms with Crippen molar-refractivity contribution < 1.29 is 27.5 Å². The van der Waals surface area contributed by atoms with E-state index in [1.165, 1.54) is 16.9 Å². The first-order valence-corrected chi connectivity index (χ1v) is 5.03. The molecule has 0 aliphatic rings. The van der Waals surface area contributed by atoms with Crippen LogP contribution < -0.4 is 10.9 Å². The van der Waals surface area contributed by atoms with Crippen LogP contribution in [0.2, 0.25) is 0 Å². The zero-order valence-electron chi connectivity index (χ0n) is 8.42. The number of anilines is 1. The van der Waals surface area contributed by atoms with Crippen molar-refractivity contribution in [1.29, 1.82) is 0 Å². The summed E-state index contributed by atoms with van der Waals surface area (Å²) in [5.41, 5.74) is 3.48. The number of rotatable bonds is 3. The minimum atomic E-state index is -4.99. The molecule has 0 spiro atoms. The van der Waals surface area contributed by atoms with Crippen molar-refractivity contribution in [2.24, 2.45) is 0 Å². The van der Waals surface area contributed by atoms with Crippen LogP contribution in [0.15, 0.2) is 11.4 Å². The van der Waals surface area contributed by atoms with Crippen molar-refractivity contribution in [3.63, 3.8) is 0 Å². The Hall–Kier alpha value is -1.77. The minimum Gasteiger partial charge on any atom is -0.465 e. The van der Waals surface area contributed by atoms with E-state index in [4.69, 9.17) is 0 Å². The molecule has 0 aliphatic carbocycles. The molecule has 1 aromatic rings. The largest absolute Gasteiger partial charge is 0.472 e. The molecule has 0 aromatic carbocycles. The quantitative estimate of drug-likeness (QED) is 0.644. The van der Waals surface area contributed by atoms with E-state index in [1.807, 2.05) is 5.43 Å². The van der Waals surface area contributed by atoms with Gasteiger partial charge in [0.1, 0.15) is 4.88 Å². The van der Waals surface area contributed by atoms with Gasteiger partial charge >= 0.3 is 18.1 Å². The summed E-state index contributed by atoms with van der Waals surface area (Å²) in [6.45, 7) is 0. The third-order valence-electron chi connectivity index (χ3n) is 1.60. The summed E-state index contributed by atoms with van der Waals surface area (Å²) < 4.78 is 40.0.